The number of nitrogens with one attached hydrogen (secondary N) is 2. The van der Waals surface area contributed by atoms with E-state index in [9.17, 15) is 28.5 Å². The van der Waals surface area contributed by atoms with Crippen molar-refractivity contribution < 1.29 is 28.0 Å². The summed E-state index contributed by atoms with van der Waals surface area (Å²) in [4.78, 5) is 44.2. The lowest BCUT2D eigenvalue weighted by Crippen LogP contribution is -2.49. The van der Waals surface area contributed by atoms with Crippen LogP contribution < -0.4 is 10.6 Å². The number of ether oxygens (including phenoxy) is 1. The topological polar surface area (TPSA) is 130 Å². The number of carbonyl (C=O) groups is 2. The van der Waals surface area contributed by atoms with Crippen LogP contribution in [0, 0.1) is 10.1 Å². The number of aromatic nitrogens is 1. The van der Waals surface area contributed by atoms with Gasteiger partial charge in [0.05, 0.1) is 28.3 Å². The lowest BCUT2D eigenvalue weighted by molar-refractivity contribution is -0.384. The van der Waals surface area contributed by atoms with Gasteiger partial charge in [-0.1, -0.05) is 15.9 Å². The van der Waals surface area contributed by atoms with Gasteiger partial charge in [-0.15, -0.1) is 0 Å². The Kier molecular flexibility index (Phi) is 7.87. The van der Waals surface area contributed by atoms with Gasteiger partial charge in [0, 0.05) is 55.7 Å². The molecule has 2 N–H and O–H groups in total. The second-order valence-corrected chi connectivity index (χ2v) is 9.68. The highest BCUT2D eigenvalue weighted by Crippen LogP contribution is 2.35. The number of amides is 2. The summed E-state index contributed by atoms with van der Waals surface area (Å²) in [7, 11) is 1.72. The molecule has 2 saturated heterocycles. The Morgan fingerprint density at radius 1 is 1.22 bits per heavy atom. The number of hydrogen-bond acceptors (Lipinski definition) is 8. The number of anilines is 2. The molecule has 1 atom stereocenters. The van der Waals surface area contributed by atoms with Gasteiger partial charge >= 0.3 is 6.11 Å². The zero-order chi connectivity index (χ0) is 26.7. The third-order valence-corrected chi connectivity index (χ3v) is 6.63. The smallest absolute Gasteiger partial charge is 0.373 e. The molecule has 2 amide bonds. The fourth-order valence-electron chi connectivity index (χ4n) is 4.41. The molecule has 37 heavy (non-hydrogen) atoms. The Morgan fingerprint density at radius 3 is 2.70 bits per heavy atom. The monoisotopic (exact) mass is 582 g/mol. The van der Waals surface area contributed by atoms with Crippen molar-refractivity contribution in [1.29, 1.82) is 0 Å². The van der Waals surface area contributed by atoms with Gasteiger partial charge < -0.3 is 25.2 Å². The Labute approximate surface area is 219 Å². The van der Waals surface area contributed by atoms with Gasteiger partial charge in [0.15, 0.2) is 0 Å². The summed E-state index contributed by atoms with van der Waals surface area (Å²) in [6, 6.07) is 3.87. The quantitative estimate of drug-likeness (QED) is 0.390. The van der Waals surface area contributed by atoms with Crippen LogP contribution in [0.1, 0.15) is 33.6 Å². The number of nitro benzene ring substituents is 1. The van der Waals surface area contributed by atoms with Gasteiger partial charge in [-0.05, 0) is 25.0 Å². The second-order valence-electron chi connectivity index (χ2n) is 8.76. The van der Waals surface area contributed by atoms with Gasteiger partial charge in [-0.2, -0.15) is 8.78 Å². The molecule has 1 aromatic carbocycles. The van der Waals surface area contributed by atoms with Gasteiger partial charge in [0.25, 0.3) is 17.5 Å². The Bertz CT molecular complexity index is 1220. The third-order valence-electron chi connectivity index (χ3n) is 6.18. The Hall–Kier alpha value is -3.39. The normalized spacial score (nSPS) is 19.3. The van der Waals surface area contributed by atoms with Crippen LogP contribution in [0.4, 0.5) is 25.8 Å². The molecule has 3 heterocycles. The van der Waals surface area contributed by atoms with E-state index in [0.717, 1.165) is 4.90 Å². The van der Waals surface area contributed by atoms with Crippen LogP contribution >= 0.6 is 15.9 Å². The highest BCUT2D eigenvalue weighted by molar-refractivity contribution is 9.10. The van der Waals surface area contributed by atoms with Crippen LogP contribution in [0.2, 0.25) is 0 Å². The van der Waals surface area contributed by atoms with Crippen molar-refractivity contribution in [2.45, 2.75) is 25.0 Å². The van der Waals surface area contributed by atoms with Crippen molar-refractivity contribution >= 4 is 44.8 Å². The number of piperidine rings is 1. The van der Waals surface area contributed by atoms with Gasteiger partial charge in [0.2, 0.25) is 0 Å². The maximum Gasteiger partial charge on any atom is 0.373 e. The minimum Gasteiger partial charge on any atom is -0.387 e. The minimum atomic E-state index is -3.51. The predicted octanol–water partition coefficient (Wildman–Crippen LogP) is 3.58. The first-order valence-corrected chi connectivity index (χ1v) is 12.3. The number of rotatable bonds is 6. The standard InChI is InChI=1S/C23H25BrF2N6O5/c1-27-17-7-14(10-28-11-17)21(33)30-4-2-3-16(12-30)29-20-18(8-15(24)9-19(20)32(35)36)22(34)31-5-6-37-23(25,26)13-31/h7-11,16,27,29H,2-6,12-13H2,1H3/t16-/m1/s1. The number of carbonyl (C=O) groups excluding carboxylic acids is 2. The molecule has 2 aromatic rings. The van der Waals surface area contributed by atoms with Crippen molar-refractivity contribution in [3.8, 4) is 0 Å². The van der Waals surface area contributed by atoms with E-state index in [1.54, 1.807) is 24.2 Å². The summed E-state index contributed by atoms with van der Waals surface area (Å²) < 4.78 is 32.3. The lowest BCUT2D eigenvalue weighted by atomic mass is 10.0. The van der Waals surface area contributed by atoms with E-state index in [0.29, 0.717) is 30.6 Å². The molecule has 14 heteroatoms. The van der Waals surface area contributed by atoms with Crippen molar-refractivity contribution in [1.82, 2.24) is 14.8 Å². The van der Waals surface area contributed by atoms with Crippen LogP contribution in [0.25, 0.3) is 0 Å². The maximum atomic E-state index is 13.8. The minimum absolute atomic E-state index is 0.0776. The van der Waals surface area contributed by atoms with E-state index in [4.69, 9.17) is 0 Å². The van der Waals surface area contributed by atoms with Crippen molar-refractivity contribution in [3.63, 3.8) is 0 Å². The van der Waals surface area contributed by atoms with Crippen LogP contribution in [0.5, 0.6) is 0 Å². The number of hydrogen-bond donors (Lipinski definition) is 2. The number of morpholine rings is 1. The van der Waals surface area contributed by atoms with Gasteiger partial charge in [0.1, 0.15) is 12.2 Å². The van der Waals surface area contributed by atoms with E-state index in [1.165, 1.54) is 18.3 Å². The largest absolute Gasteiger partial charge is 0.387 e. The van der Waals surface area contributed by atoms with E-state index < -0.39 is 29.5 Å². The first-order valence-electron chi connectivity index (χ1n) is 11.6. The molecule has 2 fully saturated rings. The van der Waals surface area contributed by atoms with Crippen LogP contribution in [0.15, 0.2) is 35.1 Å². The molecule has 0 spiro atoms. The highest BCUT2D eigenvalue weighted by Gasteiger charge is 2.40. The zero-order valence-electron chi connectivity index (χ0n) is 19.9. The van der Waals surface area contributed by atoms with Crippen molar-refractivity contribution in [2.75, 3.05) is 50.5 Å². The number of nitro groups is 1. The average molecular weight is 583 g/mol. The van der Waals surface area contributed by atoms with Crippen molar-refractivity contribution in [2.24, 2.45) is 0 Å². The van der Waals surface area contributed by atoms with Gasteiger partial charge in [-0.3, -0.25) is 24.7 Å². The summed E-state index contributed by atoms with van der Waals surface area (Å²) >= 11 is 3.18. The number of pyridine rings is 1. The van der Waals surface area contributed by atoms with E-state index in [2.05, 4.69) is 36.3 Å². The molecule has 2 aliphatic rings. The molecular weight excluding hydrogens is 558 g/mol. The summed E-state index contributed by atoms with van der Waals surface area (Å²) in [5.74, 6) is -1.03. The molecule has 0 bridgehead atoms. The molecule has 0 aliphatic carbocycles. The molecule has 11 nitrogen and oxygen atoms in total. The average Bonchev–Trinajstić information content (AvgIpc) is 2.88. The molecule has 2 aliphatic heterocycles. The molecule has 0 radical (unpaired) electrons. The van der Waals surface area contributed by atoms with Crippen LogP contribution in [0.3, 0.4) is 0 Å². The molecule has 0 saturated carbocycles. The molecule has 198 valence electrons. The van der Waals surface area contributed by atoms with Gasteiger partial charge in [-0.25, -0.2) is 0 Å². The molecular formula is C23H25BrF2N6O5. The number of alkyl halides is 2. The Balaban J connectivity index is 1.60. The fraction of sp³-hybridized carbons (Fsp3) is 0.435. The number of benzene rings is 1. The second kappa shape index (κ2) is 10.9. The zero-order valence-corrected chi connectivity index (χ0v) is 21.5. The van der Waals surface area contributed by atoms with Crippen LogP contribution in [-0.4, -0.2) is 83.5 Å². The summed E-state index contributed by atoms with van der Waals surface area (Å²) in [5, 5.41) is 17.9. The summed E-state index contributed by atoms with van der Waals surface area (Å²) in [5.41, 5.74) is 0.498. The van der Waals surface area contributed by atoms with E-state index in [-0.39, 0.29) is 47.0 Å². The SMILES string of the molecule is CNc1cncc(C(=O)N2CCC[C@@H](Nc3c(C(=O)N4CCOC(F)(F)C4)cc(Br)cc3[N+](=O)[O-])C2)c1. The number of nitrogens with zero attached hydrogens (tertiary/aromatic N) is 4. The number of halogens is 3. The Morgan fingerprint density at radius 2 is 2.00 bits per heavy atom. The lowest BCUT2D eigenvalue weighted by Gasteiger charge is -2.35. The third kappa shape index (κ3) is 6.13. The van der Waals surface area contributed by atoms with E-state index >= 15 is 0 Å². The first-order chi connectivity index (χ1) is 17.6. The molecule has 1 aromatic heterocycles. The van der Waals surface area contributed by atoms with Crippen LogP contribution in [-0.2, 0) is 4.74 Å². The van der Waals surface area contributed by atoms with Crippen molar-refractivity contribution in [3.05, 3.63) is 56.3 Å². The number of likely N-dealkylation sites (tertiary alicyclic amines) is 1. The summed E-state index contributed by atoms with van der Waals surface area (Å²) in [6.07, 6.45) is 0.742. The molecule has 4 rings (SSSR count). The fourth-order valence-corrected chi connectivity index (χ4v) is 4.86. The first kappa shape index (κ1) is 26.7. The van der Waals surface area contributed by atoms with E-state index in [1.807, 2.05) is 0 Å². The maximum absolute atomic E-state index is 13.8. The molecule has 0 unspecified atom stereocenters. The predicted molar refractivity (Wildman–Crippen MR) is 134 cm³/mol. The highest BCUT2D eigenvalue weighted by atomic mass is 79.9. The summed E-state index contributed by atoms with van der Waals surface area (Å²) in [6.45, 7) is -0.700.